The largest absolute Gasteiger partial charge is 0.444 e. The maximum absolute atomic E-state index is 12.1. The first-order valence-electron chi connectivity index (χ1n) is 8.14. The minimum Gasteiger partial charge on any atom is -0.444 e. The summed E-state index contributed by atoms with van der Waals surface area (Å²) in [7, 11) is 0. The number of hydrogen-bond donors (Lipinski definition) is 1. The Morgan fingerprint density at radius 1 is 1.29 bits per heavy atom. The zero-order chi connectivity index (χ0) is 17.3. The minimum absolute atomic E-state index is 0.226. The molecule has 2 aromatic rings. The molecule has 1 aromatic heterocycles. The highest BCUT2D eigenvalue weighted by Crippen LogP contribution is 2.19. The first-order valence-corrected chi connectivity index (χ1v) is 8.94. The van der Waals surface area contributed by atoms with E-state index in [-0.39, 0.29) is 6.09 Å². The van der Waals surface area contributed by atoms with E-state index >= 15 is 0 Å². The molecule has 0 unspecified atom stereocenters. The Hall–Kier alpha value is -1.60. The van der Waals surface area contributed by atoms with Crippen LogP contribution in [-0.2, 0) is 11.3 Å². The number of aromatic nitrogens is 2. The van der Waals surface area contributed by atoms with Crippen LogP contribution in [0.2, 0.25) is 0 Å². The lowest BCUT2D eigenvalue weighted by Gasteiger charge is -2.35. The minimum atomic E-state index is -0.448. The number of amides is 1. The Kier molecular flexibility index (Phi) is 4.83. The average molecular weight is 395 g/mol. The fraction of sp³-hybridized carbons (Fsp3) is 0.529. The van der Waals surface area contributed by atoms with Crippen molar-refractivity contribution in [1.82, 2.24) is 19.8 Å². The lowest BCUT2D eigenvalue weighted by molar-refractivity contribution is 0.0137. The van der Waals surface area contributed by atoms with Gasteiger partial charge in [-0.25, -0.2) is 9.78 Å². The summed E-state index contributed by atoms with van der Waals surface area (Å²) in [6.07, 6.45) is -0.226. The highest BCUT2D eigenvalue weighted by atomic mass is 79.9. The molecule has 1 saturated heterocycles. The quantitative estimate of drug-likeness (QED) is 0.847. The Balaban J connectivity index is 1.55. The van der Waals surface area contributed by atoms with Crippen LogP contribution in [-0.4, -0.2) is 57.6 Å². The third-order valence-corrected chi connectivity index (χ3v) is 4.38. The summed E-state index contributed by atoms with van der Waals surface area (Å²) >= 11 is 3.47. The number of fused-ring (bicyclic) bond motifs is 1. The van der Waals surface area contributed by atoms with E-state index in [1.54, 1.807) is 4.90 Å². The van der Waals surface area contributed by atoms with Gasteiger partial charge in [0.05, 0.1) is 17.6 Å². The standard InChI is InChI=1S/C17H23BrN4O2/c1-17(2,3)24-16(23)22-8-6-21(7-9-22)11-15-19-13-5-4-12(18)10-14(13)20-15/h4-5,10H,6-9,11H2,1-3H3,(H,19,20). The number of carbonyl (C=O) groups is 1. The van der Waals surface area contributed by atoms with Crippen LogP contribution in [0.4, 0.5) is 4.79 Å². The van der Waals surface area contributed by atoms with E-state index in [1.165, 1.54) is 0 Å². The summed E-state index contributed by atoms with van der Waals surface area (Å²) in [4.78, 5) is 24.2. The summed E-state index contributed by atoms with van der Waals surface area (Å²) in [5.74, 6) is 0.953. The van der Waals surface area contributed by atoms with E-state index in [0.29, 0.717) is 13.1 Å². The van der Waals surface area contributed by atoms with Crippen molar-refractivity contribution >= 4 is 33.1 Å². The van der Waals surface area contributed by atoms with Gasteiger partial charge in [0.25, 0.3) is 0 Å². The van der Waals surface area contributed by atoms with Gasteiger partial charge in [0.1, 0.15) is 11.4 Å². The van der Waals surface area contributed by atoms with Crippen molar-refractivity contribution in [2.45, 2.75) is 32.9 Å². The van der Waals surface area contributed by atoms with Crippen LogP contribution in [0.5, 0.6) is 0 Å². The van der Waals surface area contributed by atoms with Gasteiger partial charge >= 0.3 is 6.09 Å². The van der Waals surface area contributed by atoms with Gasteiger partial charge in [-0.2, -0.15) is 0 Å². The molecule has 0 aliphatic carbocycles. The first kappa shape index (κ1) is 17.2. The molecule has 0 saturated carbocycles. The van der Waals surface area contributed by atoms with E-state index in [9.17, 15) is 4.79 Å². The van der Waals surface area contributed by atoms with Gasteiger partial charge in [0, 0.05) is 30.7 Å². The first-order chi connectivity index (χ1) is 11.3. The SMILES string of the molecule is CC(C)(C)OC(=O)N1CCN(Cc2nc3ccc(Br)cc3[nH]2)CC1. The van der Waals surface area contributed by atoms with Crippen molar-refractivity contribution in [3.8, 4) is 0 Å². The van der Waals surface area contributed by atoms with Crippen LogP contribution in [0.3, 0.4) is 0 Å². The predicted octanol–water partition coefficient (Wildman–Crippen LogP) is 3.38. The van der Waals surface area contributed by atoms with E-state index in [2.05, 4.69) is 30.8 Å². The normalized spacial score (nSPS) is 16.6. The van der Waals surface area contributed by atoms with Gasteiger partial charge in [-0.1, -0.05) is 15.9 Å². The van der Waals surface area contributed by atoms with Crippen LogP contribution < -0.4 is 0 Å². The van der Waals surface area contributed by atoms with Crippen LogP contribution in [0.1, 0.15) is 26.6 Å². The lowest BCUT2D eigenvalue weighted by Crippen LogP contribution is -2.49. The second kappa shape index (κ2) is 6.72. The number of benzene rings is 1. The molecular formula is C17H23BrN4O2. The number of nitrogens with zero attached hydrogens (tertiary/aromatic N) is 3. The van der Waals surface area contributed by atoms with Gasteiger partial charge < -0.3 is 14.6 Å². The van der Waals surface area contributed by atoms with Crippen molar-refractivity contribution in [2.24, 2.45) is 0 Å². The van der Waals surface area contributed by atoms with Crippen molar-refractivity contribution in [1.29, 1.82) is 0 Å². The van der Waals surface area contributed by atoms with E-state index in [0.717, 1.165) is 41.0 Å². The predicted molar refractivity (Wildman–Crippen MR) is 96.9 cm³/mol. The van der Waals surface area contributed by atoms with Crippen molar-refractivity contribution in [3.63, 3.8) is 0 Å². The zero-order valence-corrected chi connectivity index (χ0v) is 15.9. The number of H-pyrrole nitrogens is 1. The molecule has 2 heterocycles. The molecule has 1 aliphatic heterocycles. The molecule has 24 heavy (non-hydrogen) atoms. The van der Waals surface area contributed by atoms with Gasteiger partial charge in [-0.15, -0.1) is 0 Å². The molecule has 1 amide bonds. The molecular weight excluding hydrogens is 372 g/mol. The number of hydrogen-bond acceptors (Lipinski definition) is 4. The summed E-state index contributed by atoms with van der Waals surface area (Å²) in [6.45, 7) is 9.43. The Morgan fingerprint density at radius 2 is 2.00 bits per heavy atom. The topological polar surface area (TPSA) is 61.5 Å². The molecule has 6 nitrogen and oxygen atoms in total. The highest BCUT2D eigenvalue weighted by molar-refractivity contribution is 9.10. The zero-order valence-electron chi connectivity index (χ0n) is 14.3. The smallest absolute Gasteiger partial charge is 0.410 e. The molecule has 3 rings (SSSR count). The van der Waals surface area contributed by atoms with E-state index in [1.807, 2.05) is 39.0 Å². The molecule has 0 radical (unpaired) electrons. The lowest BCUT2D eigenvalue weighted by atomic mass is 10.2. The Morgan fingerprint density at radius 3 is 2.67 bits per heavy atom. The molecule has 1 aromatic carbocycles. The van der Waals surface area contributed by atoms with Crippen molar-refractivity contribution < 1.29 is 9.53 Å². The molecule has 1 N–H and O–H groups in total. The number of carbonyl (C=O) groups excluding carboxylic acids is 1. The number of rotatable bonds is 2. The third-order valence-electron chi connectivity index (χ3n) is 3.89. The third kappa shape index (κ3) is 4.27. The fourth-order valence-electron chi connectivity index (χ4n) is 2.74. The molecule has 1 fully saturated rings. The molecule has 7 heteroatoms. The molecule has 0 atom stereocenters. The fourth-order valence-corrected chi connectivity index (χ4v) is 3.10. The summed E-state index contributed by atoms with van der Waals surface area (Å²) in [5.41, 5.74) is 1.56. The van der Waals surface area contributed by atoms with E-state index in [4.69, 9.17) is 4.74 Å². The molecule has 0 spiro atoms. The number of piperazine rings is 1. The molecule has 130 valence electrons. The maximum Gasteiger partial charge on any atom is 0.410 e. The summed E-state index contributed by atoms with van der Waals surface area (Å²) in [5, 5.41) is 0. The van der Waals surface area contributed by atoms with Crippen LogP contribution in [0.25, 0.3) is 11.0 Å². The highest BCUT2D eigenvalue weighted by Gasteiger charge is 2.26. The number of halogens is 1. The summed E-state index contributed by atoms with van der Waals surface area (Å²) < 4.78 is 6.47. The van der Waals surface area contributed by atoms with E-state index < -0.39 is 5.60 Å². The maximum atomic E-state index is 12.1. The Bertz CT molecular complexity index is 730. The second-order valence-electron chi connectivity index (χ2n) is 7.09. The number of nitrogens with one attached hydrogen (secondary N) is 1. The van der Waals surface area contributed by atoms with Gasteiger partial charge in [0.2, 0.25) is 0 Å². The second-order valence-corrected chi connectivity index (χ2v) is 8.00. The van der Waals surface area contributed by atoms with Gasteiger partial charge in [-0.3, -0.25) is 4.90 Å². The van der Waals surface area contributed by atoms with Crippen molar-refractivity contribution in [3.05, 3.63) is 28.5 Å². The monoisotopic (exact) mass is 394 g/mol. The number of imidazole rings is 1. The van der Waals surface area contributed by atoms with Gasteiger partial charge in [-0.05, 0) is 39.0 Å². The van der Waals surface area contributed by atoms with Crippen molar-refractivity contribution in [2.75, 3.05) is 26.2 Å². The number of ether oxygens (including phenoxy) is 1. The molecule has 1 aliphatic rings. The van der Waals surface area contributed by atoms with Gasteiger partial charge in [0.15, 0.2) is 0 Å². The molecule has 0 bridgehead atoms. The number of aromatic amines is 1. The van der Waals surface area contributed by atoms with Crippen LogP contribution in [0, 0.1) is 0 Å². The van der Waals surface area contributed by atoms with Crippen LogP contribution >= 0.6 is 15.9 Å². The summed E-state index contributed by atoms with van der Waals surface area (Å²) in [6, 6.07) is 6.03. The average Bonchev–Trinajstić information content (AvgIpc) is 2.87. The Labute approximate surface area is 150 Å². The van der Waals surface area contributed by atoms with Crippen LogP contribution in [0.15, 0.2) is 22.7 Å².